The molecule has 1 heterocycles. The summed E-state index contributed by atoms with van der Waals surface area (Å²) in [6.07, 6.45) is -4.39. The number of carbonyl (C=O) groups excluding carboxylic acids is 1. The van der Waals surface area contributed by atoms with Crippen molar-refractivity contribution in [2.24, 2.45) is 0 Å². The maximum absolute atomic E-state index is 12.2. The lowest BCUT2D eigenvalue weighted by Gasteiger charge is -2.06. The number of hydrogen-bond acceptors (Lipinski definition) is 4. The van der Waals surface area contributed by atoms with Crippen molar-refractivity contribution in [1.29, 1.82) is 0 Å². The number of carbonyl (C=O) groups is 1. The first kappa shape index (κ1) is 14.9. The lowest BCUT2D eigenvalue weighted by atomic mass is 10.4. The van der Waals surface area contributed by atoms with E-state index in [2.05, 4.69) is 10.3 Å². The van der Waals surface area contributed by atoms with Gasteiger partial charge in [-0.15, -0.1) is 11.3 Å². The molecule has 0 spiro atoms. The summed E-state index contributed by atoms with van der Waals surface area (Å²) in [4.78, 5) is 14.6. The van der Waals surface area contributed by atoms with Crippen LogP contribution in [0.4, 0.5) is 18.3 Å². The van der Waals surface area contributed by atoms with Crippen molar-refractivity contribution in [3.8, 4) is 0 Å². The standard InChI is InChI=1S/C10H13F3N2O2S/c1-6(2)17-4-3-8(16)15-9-14-7(5-18-9)10(11,12)13/h5-6H,3-4H2,1-2H3,(H,14,15,16). The monoisotopic (exact) mass is 282 g/mol. The quantitative estimate of drug-likeness (QED) is 0.903. The highest BCUT2D eigenvalue weighted by Gasteiger charge is 2.33. The first-order valence-electron chi connectivity index (χ1n) is 5.23. The van der Waals surface area contributed by atoms with E-state index >= 15 is 0 Å². The Bertz CT molecular complexity index is 404. The van der Waals surface area contributed by atoms with E-state index in [4.69, 9.17) is 4.74 Å². The second-order valence-electron chi connectivity index (χ2n) is 3.75. The summed E-state index contributed by atoms with van der Waals surface area (Å²) in [7, 11) is 0. The summed E-state index contributed by atoms with van der Waals surface area (Å²) in [5.41, 5.74) is -0.999. The maximum atomic E-state index is 12.2. The third-order valence-corrected chi connectivity index (χ3v) is 2.58. The van der Waals surface area contributed by atoms with E-state index in [0.717, 1.165) is 16.7 Å². The number of anilines is 1. The zero-order valence-corrected chi connectivity index (χ0v) is 10.7. The Morgan fingerprint density at radius 2 is 2.22 bits per heavy atom. The Kier molecular flexibility index (Phi) is 5.09. The number of nitrogens with zero attached hydrogens (tertiary/aromatic N) is 1. The fourth-order valence-electron chi connectivity index (χ4n) is 1.03. The summed E-state index contributed by atoms with van der Waals surface area (Å²) in [6.45, 7) is 3.88. The molecular weight excluding hydrogens is 269 g/mol. The Balaban J connectivity index is 2.43. The zero-order chi connectivity index (χ0) is 13.8. The first-order chi connectivity index (χ1) is 8.29. The molecule has 1 aromatic rings. The third-order valence-electron chi connectivity index (χ3n) is 1.82. The van der Waals surface area contributed by atoms with Crippen LogP contribution in [0.5, 0.6) is 0 Å². The topological polar surface area (TPSA) is 51.2 Å². The van der Waals surface area contributed by atoms with Crippen LogP contribution in [0.25, 0.3) is 0 Å². The van der Waals surface area contributed by atoms with Gasteiger partial charge in [-0.25, -0.2) is 4.98 Å². The van der Waals surface area contributed by atoms with E-state index < -0.39 is 17.8 Å². The van der Waals surface area contributed by atoms with Crippen LogP contribution in [0.1, 0.15) is 26.0 Å². The van der Waals surface area contributed by atoms with Crippen molar-refractivity contribution in [2.75, 3.05) is 11.9 Å². The molecule has 0 aliphatic carbocycles. The Labute approximate surface area is 106 Å². The minimum atomic E-state index is -4.49. The van der Waals surface area contributed by atoms with Gasteiger partial charge >= 0.3 is 6.18 Å². The van der Waals surface area contributed by atoms with Crippen LogP contribution in [0.2, 0.25) is 0 Å². The highest BCUT2D eigenvalue weighted by Crippen LogP contribution is 2.31. The molecule has 0 aromatic carbocycles. The van der Waals surface area contributed by atoms with Crippen molar-refractivity contribution >= 4 is 22.4 Å². The number of alkyl halides is 3. The van der Waals surface area contributed by atoms with Gasteiger partial charge in [-0.3, -0.25) is 4.79 Å². The second kappa shape index (κ2) is 6.14. The molecule has 0 aliphatic rings. The van der Waals surface area contributed by atoms with E-state index in [0.29, 0.717) is 0 Å². The largest absolute Gasteiger partial charge is 0.434 e. The van der Waals surface area contributed by atoms with Gasteiger partial charge < -0.3 is 10.1 Å². The maximum Gasteiger partial charge on any atom is 0.434 e. The third kappa shape index (κ3) is 5.01. The number of nitrogens with one attached hydrogen (secondary N) is 1. The summed E-state index contributed by atoms with van der Waals surface area (Å²) >= 11 is 0.741. The molecular formula is C10H13F3N2O2S. The molecule has 0 bridgehead atoms. The number of aromatic nitrogens is 1. The van der Waals surface area contributed by atoms with E-state index in [-0.39, 0.29) is 24.3 Å². The fraction of sp³-hybridized carbons (Fsp3) is 0.600. The predicted molar refractivity (Wildman–Crippen MR) is 61.5 cm³/mol. The SMILES string of the molecule is CC(C)OCCC(=O)Nc1nc(C(F)(F)F)cs1. The second-order valence-corrected chi connectivity index (χ2v) is 4.61. The number of amides is 1. The molecule has 0 aliphatic heterocycles. The predicted octanol–water partition coefficient (Wildman–Crippen LogP) is 2.92. The van der Waals surface area contributed by atoms with Gasteiger partial charge in [0.05, 0.1) is 19.1 Å². The lowest BCUT2D eigenvalue weighted by molar-refractivity contribution is -0.140. The Hall–Kier alpha value is -1.15. The van der Waals surface area contributed by atoms with Crippen LogP contribution in [0, 0.1) is 0 Å². The lowest BCUT2D eigenvalue weighted by Crippen LogP contribution is -2.16. The van der Waals surface area contributed by atoms with Crippen molar-refractivity contribution < 1.29 is 22.7 Å². The fourth-order valence-corrected chi connectivity index (χ4v) is 1.76. The molecule has 18 heavy (non-hydrogen) atoms. The van der Waals surface area contributed by atoms with Crippen molar-refractivity contribution in [1.82, 2.24) is 4.98 Å². The molecule has 102 valence electrons. The number of hydrogen-bond donors (Lipinski definition) is 1. The smallest absolute Gasteiger partial charge is 0.378 e. The van der Waals surface area contributed by atoms with Crippen LogP contribution in [-0.4, -0.2) is 23.6 Å². The molecule has 8 heteroatoms. The summed E-state index contributed by atoms with van der Waals surface area (Å²) in [6, 6.07) is 0. The first-order valence-corrected chi connectivity index (χ1v) is 6.11. The number of ether oxygens (including phenoxy) is 1. The molecule has 1 amide bonds. The molecule has 4 nitrogen and oxygen atoms in total. The normalized spacial score (nSPS) is 11.9. The molecule has 0 radical (unpaired) electrons. The Morgan fingerprint density at radius 1 is 1.56 bits per heavy atom. The van der Waals surface area contributed by atoms with Crippen molar-refractivity contribution in [2.45, 2.75) is 32.5 Å². The highest BCUT2D eigenvalue weighted by molar-refractivity contribution is 7.13. The average molecular weight is 282 g/mol. The molecule has 0 saturated carbocycles. The Morgan fingerprint density at radius 3 is 2.72 bits per heavy atom. The van der Waals surface area contributed by atoms with Crippen LogP contribution in [0.15, 0.2) is 5.38 Å². The van der Waals surface area contributed by atoms with Gasteiger partial charge in [0, 0.05) is 5.38 Å². The van der Waals surface area contributed by atoms with Crippen LogP contribution in [-0.2, 0) is 15.7 Å². The van der Waals surface area contributed by atoms with Crippen LogP contribution in [0.3, 0.4) is 0 Å². The zero-order valence-electron chi connectivity index (χ0n) is 9.87. The molecule has 0 unspecified atom stereocenters. The number of halogens is 3. The molecule has 1 aromatic heterocycles. The molecule has 1 N–H and O–H groups in total. The van der Waals surface area contributed by atoms with Gasteiger partial charge in [-0.1, -0.05) is 0 Å². The van der Waals surface area contributed by atoms with Crippen LogP contribution >= 0.6 is 11.3 Å². The average Bonchev–Trinajstić information content (AvgIpc) is 2.64. The minimum absolute atomic E-state index is 0.00879. The van der Waals surface area contributed by atoms with E-state index in [1.54, 1.807) is 0 Å². The molecule has 0 saturated heterocycles. The van der Waals surface area contributed by atoms with Gasteiger partial charge in [0.2, 0.25) is 5.91 Å². The summed E-state index contributed by atoms with van der Waals surface area (Å²) in [5.74, 6) is -0.418. The highest BCUT2D eigenvalue weighted by atomic mass is 32.1. The van der Waals surface area contributed by atoms with Gasteiger partial charge in [0.25, 0.3) is 0 Å². The molecule has 1 rings (SSSR count). The van der Waals surface area contributed by atoms with Crippen molar-refractivity contribution in [3.63, 3.8) is 0 Å². The van der Waals surface area contributed by atoms with Gasteiger partial charge in [-0.2, -0.15) is 13.2 Å². The summed E-state index contributed by atoms with van der Waals surface area (Å²) < 4.78 is 41.9. The van der Waals surface area contributed by atoms with Gasteiger partial charge in [0.1, 0.15) is 0 Å². The van der Waals surface area contributed by atoms with Crippen LogP contribution < -0.4 is 5.32 Å². The summed E-state index contributed by atoms with van der Waals surface area (Å²) in [5, 5.41) is 3.10. The number of rotatable bonds is 5. The number of thiazole rings is 1. The minimum Gasteiger partial charge on any atom is -0.378 e. The van der Waals surface area contributed by atoms with E-state index in [1.165, 1.54) is 0 Å². The van der Waals surface area contributed by atoms with Gasteiger partial charge in [0.15, 0.2) is 10.8 Å². The molecule has 0 atom stereocenters. The molecule has 0 fully saturated rings. The van der Waals surface area contributed by atoms with E-state index in [9.17, 15) is 18.0 Å². The van der Waals surface area contributed by atoms with Gasteiger partial charge in [-0.05, 0) is 13.8 Å². The van der Waals surface area contributed by atoms with Crippen molar-refractivity contribution in [3.05, 3.63) is 11.1 Å². The van der Waals surface area contributed by atoms with E-state index in [1.807, 2.05) is 13.8 Å².